The summed E-state index contributed by atoms with van der Waals surface area (Å²) in [6.07, 6.45) is 4.69. The summed E-state index contributed by atoms with van der Waals surface area (Å²) < 4.78 is 31.2. The zero-order valence-electron chi connectivity index (χ0n) is 34.6. The molecule has 11 rings (SSSR count). The number of carbonyl (C=O) groups excluding carboxylic acids is 1. The monoisotopic (exact) mass is 823 g/mol. The molecule has 0 unspecified atom stereocenters. The van der Waals surface area contributed by atoms with E-state index in [-0.39, 0.29) is 35.7 Å². The third-order valence-corrected chi connectivity index (χ3v) is 13.8. The number of aryl methyl sites for hydroxylation is 3. The summed E-state index contributed by atoms with van der Waals surface area (Å²) in [4.78, 5) is 54.0. The second kappa shape index (κ2) is 13.8. The van der Waals surface area contributed by atoms with Gasteiger partial charge in [-0.3, -0.25) is 23.8 Å². The van der Waals surface area contributed by atoms with Gasteiger partial charge in [0.1, 0.15) is 17.1 Å². The summed E-state index contributed by atoms with van der Waals surface area (Å²) in [5.74, 6) is 0.325. The fourth-order valence-corrected chi connectivity index (χ4v) is 10.3. The van der Waals surface area contributed by atoms with Crippen molar-refractivity contribution in [3.63, 3.8) is 0 Å². The van der Waals surface area contributed by atoms with Crippen LogP contribution in [0.25, 0.3) is 27.5 Å². The van der Waals surface area contributed by atoms with Crippen LogP contribution in [0.1, 0.15) is 87.8 Å². The number of carbonyl (C=O) groups is 1. The lowest BCUT2D eigenvalue weighted by Crippen LogP contribution is -2.49. The first-order valence-corrected chi connectivity index (χ1v) is 21.2. The van der Waals surface area contributed by atoms with Crippen LogP contribution in [0, 0.1) is 25.6 Å². The van der Waals surface area contributed by atoms with Gasteiger partial charge in [-0.2, -0.15) is 5.10 Å². The summed E-state index contributed by atoms with van der Waals surface area (Å²) in [5, 5.41) is 10.6. The third kappa shape index (κ3) is 5.91. The van der Waals surface area contributed by atoms with Gasteiger partial charge in [-0.1, -0.05) is 24.2 Å². The quantitative estimate of drug-likeness (QED) is 0.205. The number of fused-ring (bicyclic) bond motifs is 3. The zero-order valence-corrected chi connectivity index (χ0v) is 34.6. The van der Waals surface area contributed by atoms with Crippen LogP contribution in [0.15, 0.2) is 74.9 Å². The van der Waals surface area contributed by atoms with Crippen molar-refractivity contribution in [1.82, 2.24) is 38.9 Å². The van der Waals surface area contributed by atoms with E-state index < -0.39 is 11.3 Å². The molecule has 1 aliphatic carbocycles. The second-order valence-electron chi connectivity index (χ2n) is 17.6. The molecule has 312 valence electrons. The number of amides is 1. The van der Waals surface area contributed by atoms with Gasteiger partial charge < -0.3 is 19.1 Å². The number of benzene rings is 3. The number of ether oxygens (including phenoxy) is 1. The van der Waals surface area contributed by atoms with Crippen molar-refractivity contribution in [2.75, 3.05) is 37.7 Å². The molecule has 4 aromatic heterocycles. The number of H-pyrrole nitrogens is 1. The van der Waals surface area contributed by atoms with Crippen molar-refractivity contribution in [1.29, 1.82) is 0 Å². The first kappa shape index (κ1) is 37.6. The minimum Gasteiger partial charge on any atom is -0.381 e. The van der Waals surface area contributed by atoms with Crippen LogP contribution in [0.2, 0.25) is 0 Å². The van der Waals surface area contributed by atoms with Gasteiger partial charge in [0.25, 0.3) is 11.5 Å². The van der Waals surface area contributed by atoms with Gasteiger partial charge in [-0.05, 0) is 116 Å². The summed E-state index contributed by atoms with van der Waals surface area (Å²) >= 11 is 0. The van der Waals surface area contributed by atoms with Crippen molar-refractivity contribution in [3.05, 3.63) is 133 Å². The van der Waals surface area contributed by atoms with Gasteiger partial charge in [0.2, 0.25) is 5.95 Å². The van der Waals surface area contributed by atoms with E-state index in [1.807, 2.05) is 28.6 Å². The van der Waals surface area contributed by atoms with Crippen molar-refractivity contribution in [3.8, 4) is 5.69 Å². The SMILES string of the molecule is Cc1cc(-n2c(N3CC(c4ccc5c(cnn5C)c4)C3)nc3c(c2=O)CCN(C(=O)c2cc4cc(C5CCOCC5)ccc4n2[C@]2(c4noc(=O)[nH]4)C[C@@H]2C)C3)cc(C)c1F. The molecule has 0 spiro atoms. The van der Waals surface area contributed by atoms with Crippen LogP contribution in [0.4, 0.5) is 10.3 Å². The summed E-state index contributed by atoms with van der Waals surface area (Å²) in [6.45, 7) is 8.60. The number of anilines is 1. The number of nitrogens with one attached hydrogen (secondary N) is 1. The van der Waals surface area contributed by atoms with E-state index in [0.29, 0.717) is 83.9 Å². The van der Waals surface area contributed by atoms with E-state index >= 15 is 4.79 Å². The van der Waals surface area contributed by atoms with E-state index in [1.54, 1.807) is 35.4 Å². The molecule has 4 aliphatic rings. The lowest BCUT2D eigenvalue weighted by molar-refractivity contribution is 0.0717. The minimum atomic E-state index is -0.785. The largest absolute Gasteiger partial charge is 0.438 e. The van der Waals surface area contributed by atoms with Crippen LogP contribution >= 0.6 is 0 Å². The average Bonchev–Trinajstić information content (AvgIpc) is 3.55. The zero-order chi connectivity index (χ0) is 41.9. The van der Waals surface area contributed by atoms with Crippen molar-refractivity contribution >= 4 is 33.7 Å². The average molecular weight is 824 g/mol. The Labute approximate surface area is 349 Å². The molecule has 1 amide bonds. The number of hydrogen-bond donors (Lipinski definition) is 1. The molecule has 15 heteroatoms. The number of hydrogen-bond acceptors (Lipinski definition) is 9. The highest BCUT2D eigenvalue weighted by molar-refractivity contribution is 5.99. The Hall–Kier alpha value is -6.35. The smallest absolute Gasteiger partial charge is 0.381 e. The fraction of sp³-hybridized carbons (Fsp3) is 0.391. The lowest BCUT2D eigenvalue weighted by atomic mass is 9.91. The molecule has 61 heavy (non-hydrogen) atoms. The Morgan fingerprint density at radius 2 is 1.64 bits per heavy atom. The molecular formula is C46H46FN9O5. The minimum absolute atomic E-state index is 0.0562. The molecule has 0 radical (unpaired) electrons. The molecule has 1 N–H and O–H groups in total. The van der Waals surface area contributed by atoms with Crippen LogP contribution in [-0.4, -0.2) is 77.7 Å². The molecule has 1 saturated carbocycles. The van der Waals surface area contributed by atoms with E-state index in [1.165, 1.54) is 11.1 Å². The standard InChI is InChI=1S/C46H46FN9O5/c1-25-15-34(16-26(2)40(25)47)55-41(57)35-9-12-53(24-36(35)49-44(55)54-22-33(23-54)30-5-7-37-32(18-30)21-48-52(37)4)42(58)39-19-31-17-29(28-10-13-60-14-11-28)6-8-38(31)56(39)46(20-27(46)3)43-50-45(59)61-51-43/h5-8,15-19,21,27-28,33H,9-14,20,22-24H2,1-4H3,(H,50,51,59)/t27-,46+/m0/s1. The van der Waals surface area contributed by atoms with Crippen LogP contribution in [0.3, 0.4) is 0 Å². The van der Waals surface area contributed by atoms with E-state index in [9.17, 15) is 14.0 Å². The first-order chi connectivity index (χ1) is 29.5. The van der Waals surface area contributed by atoms with Crippen molar-refractivity contribution < 1.29 is 18.4 Å². The Kier molecular flexibility index (Phi) is 8.54. The van der Waals surface area contributed by atoms with Crippen LogP contribution in [-0.2, 0) is 30.3 Å². The molecule has 3 fully saturated rings. The molecule has 0 bridgehead atoms. The number of aromatic nitrogens is 7. The molecule has 7 aromatic rings. The maximum absolute atomic E-state index is 15.1. The Morgan fingerprint density at radius 1 is 0.934 bits per heavy atom. The van der Waals surface area contributed by atoms with Gasteiger partial charge in [0.15, 0.2) is 5.82 Å². The number of nitrogens with zero attached hydrogens (tertiary/aromatic N) is 8. The van der Waals surface area contributed by atoms with Gasteiger partial charge in [-0.15, -0.1) is 0 Å². The molecule has 3 aliphatic heterocycles. The Morgan fingerprint density at radius 3 is 2.34 bits per heavy atom. The van der Waals surface area contributed by atoms with Crippen LogP contribution in [0.5, 0.6) is 0 Å². The topological polar surface area (TPSA) is 149 Å². The normalized spacial score (nSPS) is 20.7. The summed E-state index contributed by atoms with van der Waals surface area (Å²) in [6, 6.07) is 18.2. The summed E-state index contributed by atoms with van der Waals surface area (Å²) in [5.41, 5.74) is 6.32. The maximum atomic E-state index is 15.1. The second-order valence-corrected chi connectivity index (χ2v) is 17.6. The van der Waals surface area contributed by atoms with E-state index in [2.05, 4.69) is 63.5 Å². The van der Waals surface area contributed by atoms with Gasteiger partial charge in [0, 0.05) is 67.7 Å². The van der Waals surface area contributed by atoms with Gasteiger partial charge in [0.05, 0.1) is 29.6 Å². The predicted molar refractivity (Wildman–Crippen MR) is 226 cm³/mol. The molecule has 14 nitrogen and oxygen atoms in total. The lowest BCUT2D eigenvalue weighted by Gasteiger charge is -2.42. The first-order valence-electron chi connectivity index (χ1n) is 21.2. The summed E-state index contributed by atoms with van der Waals surface area (Å²) in [7, 11) is 1.93. The highest BCUT2D eigenvalue weighted by Crippen LogP contribution is 2.56. The molecule has 3 aromatic carbocycles. The number of halogens is 1. The Balaban J connectivity index is 0.977. The van der Waals surface area contributed by atoms with E-state index in [0.717, 1.165) is 47.9 Å². The molecule has 2 saturated heterocycles. The predicted octanol–water partition coefficient (Wildman–Crippen LogP) is 5.99. The maximum Gasteiger partial charge on any atom is 0.438 e. The molecular weight excluding hydrogens is 778 g/mol. The van der Waals surface area contributed by atoms with Crippen molar-refractivity contribution in [2.24, 2.45) is 13.0 Å². The van der Waals surface area contributed by atoms with Gasteiger partial charge >= 0.3 is 5.76 Å². The highest BCUT2D eigenvalue weighted by atomic mass is 19.1. The van der Waals surface area contributed by atoms with Crippen molar-refractivity contribution in [2.45, 2.75) is 70.4 Å². The number of aromatic amines is 1. The highest BCUT2D eigenvalue weighted by Gasteiger charge is 2.59. The molecule has 2 atom stereocenters. The fourth-order valence-electron chi connectivity index (χ4n) is 10.3. The van der Waals surface area contributed by atoms with Gasteiger partial charge in [-0.25, -0.2) is 18.7 Å². The third-order valence-electron chi connectivity index (χ3n) is 13.8. The van der Waals surface area contributed by atoms with E-state index in [4.69, 9.17) is 14.2 Å². The van der Waals surface area contributed by atoms with Crippen LogP contribution < -0.4 is 16.2 Å². The number of rotatable bonds is 7. The Bertz CT molecular complexity index is 3030. The molecule has 7 heterocycles.